The highest BCUT2D eigenvalue weighted by Crippen LogP contribution is 2.24. The molecule has 1 fully saturated rings. The van der Waals surface area contributed by atoms with Crippen LogP contribution in [0.5, 0.6) is 0 Å². The van der Waals surface area contributed by atoms with E-state index in [-0.39, 0.29) is 5.91 Å². The number of carbonyl (C=O) groups is 1. The molecule has 0 aliphatic heterocycles. The number of hydrogen-bond acceptors (Lipinski definition) is 2. The van der Waals surface area contributed by atoms with Crippen LogP contribution in [0.25, 0.3) is 10.9 Å². The Kier molecular flexibility index (Phi) is 5.90. The number of nitrogens with one attached hydrogen (secondary N) is 2. The molecule has 4 rings (SSSR count). The second-order valence-corrected chi connectivity index (χ2v) is 8.14. The molecule has 4 nitrogen and oxygen atoms in total. The van der Waals surface area contributed by atoms with Crippen molar-refractivity contribution < 1.29 is 4.79 Å². The van der Waals surface area contributed by atoms with Crippen molar-refractivity contribution in [2.45, 2.75) is 31.8 Å². The first-order valence-electron chi connectivity index (χ1n) is 9.60. The van der Waals surface area contributed by atoms with Gasteiger partial charge in [-0.1, -0.05) is 47.5 Å². The summed E-state index contributed by atoms with van der Waals surface area (Å²) < 4.78 is 0. The Balaban J connectivity index is 1.47. The molecule has 0 radical (unpaired) electrons. The van der Waals surface area contributed by atoms with E-state index in [1.54, 1.807) is 6.07 Å². The summed E-state index contributed by atoms with van der Waals surface area (Å²) in [7, 11) is 0. The van der Waals surface area contributed by atoms with E-state index in [9.17, 15) is 4.79 Å². The van der Waals surface area contributed by atoms with Crippen LogP contribution in [-0.2, 0) is 17.8 Å². The molecule has 1 aromatic heterocycles. The minimum Gasteiger partial charge on any atom is -0.361 e. The maximum Gasteiger partial charge on any atom is 0.236 e. The van der Waals surface area contributed by atoms with Gasteiger partial charge in [0.2, 0.25) is 5.91 Å². The van der Waals surface area contributed by atoms with Crippen LogP contribution in [0, 0.1) is 0 Å². The molecule has 0 saturated heterocycles. The van der Waals surface area contributed by atoms with Crippen LogP contribution in [0.15, 0.2) is 48.7 Å². The molecule has 0 spiro atoms. The van der Waals surface area contributed by atoms with Crippen molar-refractivity contribution in [2.75, 3.05) is 13.1 Å². The summed E-state index contributed by atoms with van der Waals surface area (Å²) in [5.74, 6) is 0.109. The third kappa shape index (κ3) is 4.69. The molecule has 1 amide bonds. The molecule has 1 aliphatic rings. The van der Waals surface area contributed by atoms with Crippen molar-refractivity contribution in [3.63, 3.8) is 0 Å². The summed E-state index contributed by atoms with van der Waals surface area (Å²) in [6.45, 7) is 1.54. The Morgan fingerprint density at radius 1 is 1.14 bits per heavy atom. The Morgan fingerprint density at radius 3 is 2.75 bits per heavy atom. The zero-order chi connectivity index (χ0) is 19.5. The van der Waals surface area contributed by atoms with Gasteiger partial charge in [0.25, 0.3) is 0 Å². The summed E-state index contributed by atoms with van der Waals surface area (Å²) in [5, 5.41) is 5.57. The normalized spacial score (nSPS) is 13.8. The molecule has 2 aromatic carbocycles. The van der Waals surface area contributed by atoms with Crippen LogP contribution >= 0.6 is 23.2 Å². The number of benzene rings is 2. The summed E-state index contributed by atoms with van der Waals surface area (Å²) in [5.41, 5.74) is 3.32. The standard InChI is InChI=1S/C22H23Cl2N3O/c23-19-8-5-15(11-20(19)24)14-27(22(28)13-25-17-6-7-17)10-9-16-12-26-21-4-2-1-3-18(16)21/h1-5,8,11-12,17,25-26H,6-7,9-10,13-14H2. The molecule has 1 saturated carbocycles. The Labute approximate surface area is 174 Å². The average Bonchev–Trinajstić information content (AvgIpc) is 3.44. The van der Waals surface area contributed by atoms with E-state index in [2.05, 4.69) is 22.4 Å². The Hall–Kier alpha value is -2.01. The van der Waals surface area contributed by atoms with Gasteiger partial charge < -0.3 is 15.2 Å². The number of nitrogens with zero attached hydrogens (tertiary/aromatic N) is 1. The number of amides is 1. The highest BCUT2D eigenvalue weighted by Gasteiger charge is 2.23. The lowest BCUT2D eigenvalue weighted by atomic mass is 10.1. The fourth-order valence-corrected chi connectivity index (χ4v) is 3.70. The average molecular weight is 416 g/mol. The smallest absolute Gasteiger partial charge is 0.236 e. The third-order valence-electron chi connectivity index (χ3n) is 5.16. The topological polar surface area (TPSA) is 48.1 Å². The lowest BCUT2D eigenvalue weighted by molar-refractivity contribution is -0.130. The zero-order valence-corrected chi connectivity index (χ0v) is 17.1. The molecule has 1 heterocycles. The Morgan fingerprint density at radius 2 is 1.96 bits per heavy atom. The van der Waals surface area contributed by atoms with Crippen molar-refractivity contribution in [2.24, 2.45) is 0 Å². The van der Waals surface area contributed by atoms with Crippen molar-refractivity contribution in [3.05, 3.63) is 69.8 Å². The van der Waals surface area contributed by atoms with Gasteiger partial charge >= 0.3 is 0 Å². The van der Waals surface area contributed by atoms with Gasteiger partial charge in [-0.2, -0.15) is 0 Å². The zero-order valence-electron chi connectivity index (χ0n) is 15.6. The van der Waals surface area contributed by atoms with Gasteiger partial charge in [-0.3, -0.25) is 4.79 Å². The SMILES string of the molecule is O=C(CNC1CC1)N(CCc1c[nH]c2ccccc12)Cc1ccc(Cl)c(Cl)c1. The molecular weight excluding hydrogens is 393 g/mol. The minimum absolute atomic E-state index is 0.109. The van der Waals surface area contributed by atoms with E-state index >= 15 is 0 Å². The minimum atomic E-state index is 0.109. The van der Waals surface area contributed by atoms with Crippen molar-refractivity contribution in [1.29, 1.82) is 0 Å². The number of rotatable bonds is 8. The fourth-order valence-electron chi connectivity index (χ4n) is 3.38. The number of aromatic nitrogens is 1. The van der Waals surface area contributed by atoms with Crippen molar-refractivity contribution in [3.8, 4) is 0 Å². The molecular formula is C22H23Cl2N3O. The van der Waals surface area contributed by atoms with Crippen LogP contribution < -0.4 is 5.32 Å². The highest BCUT2D eigenvalue weighted by atomic mass is 35.5. The quantitative estimate of drug-likeness (QED) is 0.554. The lowest BCUT2D eigenvalue weighted by Gasteiger charge is -2.23. The predicted molar refractivity (Wildman–Crippen MR) is 115 cm³/mol. The second-order valence-electron chi connectivity index (χ2n) is 7.33. The van der Waals surface area contributed by atoms with E-state index in [1.807, 2.05) is 35.4 Å². The molecule has 1 aliphatic carbocycles. The summed E-state index contributed by atoms with van der Waals surface area (Å²) >= 11 is 12.2. The largest absolute Gasteiger partial charge is 0.361 e. The first-order valence-corrected chi connectivity index (χ1v) is 10.4. The summed E-state index contributed by atoms with van der Waals surface area (Å²) in [4.78, 5) is 18.1. The van der Waals surface area contributed by atoms with E-state index in [4.69, 9.17) is 23.2 Å². The van der Waals surface area contributed by atoms with E-state index in [0.29, 0.717) is 35.7 Å². The van der Waals surface area contributed by atoms with Gasteiger partial charge in [-0.05, 0) is 48.6 Å². The third-order valence-corrected chi connectivity index (χ3v) is 5.89. The summed E-state index contributed by atoms with van der Waals surface area (Å²) in [6, 6.07) is 14.3. The molecule has 2 N–H and O–H groups in total. The lowest BCUT2D eigenvalue weighted by Crippen LogP contribution is -2.39. The van der Waals surface area contributed by atoms with E-state index in [1.165, 1.54) is 10.9 Å². The van der Waals surface area contributed by atoms with Crippen molar-refractivity contribution >= 4 is 40.0 Å². The number of aromatic amines is 1. The van der Waals surface area contributed by atoms with Gasteiger partial charge in [0.1, 0.15) is 0 Å². The van der Waals surface area contributed by atoms with Crippen LogP contribution in [0.3, 0.4) is 0 Å². The molecule has 28 heavy (non-hydrogen) atoms. The first kappa shape index (κ1) is 19.3. The maximum atomic E-state index is 12.9. The van der Waals surface area contributed by atoms with E-state index < -0.39 is 0 Å². The highest BCUT2D eigenvalue weighted by molar-refractivity contribution is 6.42. The molecule has 0 atom stereocenters. The monoisotopic (exact) mass is 415 g/mol. The fraction of sp³-hybridized carbons (Fsp3) is 0.318. The number of carbonyl (C=O) groups excluding carboxylic acids is 1. The number of hydrogen-bond donors (Lipinski definition) is 2. The molecule has 0 unspecified atom stereocenters. The van der Waals surface area contributed by atoms with Crippen LogP contribution in [0.1, 0.15) is 24.0 Å². The van der Waals surface area contributed by atoms with Gasteiger partial charge in [-0.25, -0.2) is 0 Å². The number of H-pyrrole nitrogens is 1. The maximum absolute atomic E-state index is 12.9. The number of fused-ring (bicyclic) bond motifs is 1. The van der Waals surface area contributed by atoms with Crippen molar-refractivity contribution in [1.82, 2.24) is 15.2 Å². The number of para-hydroxylation sites is 1. The van der Waals surface area contributed by atoms with Crippen LogP contribution in [0.4, 0.5) is 0 Å². The Bertz CT molecular complexity index is 981. The first-order chi connectivity index (χ1) is 13.6. The molecule has 3 aromatic rings. The second kappa shape index (κ2) is 8.56. The van der Waals surface area contributed by atoms with Gasteiger partial charge in [0, 0.05) is 36.2 Å². The van der Waals surface area contributed by atoms with Crippen LogP contribution in [-0.4, -0.2) is 34.9 Å². The van der Waals surface area contributed by atoms with Gasteiger partial charge in [0.05, 0.1) is 16.6 Å². The van der Waals surface area contributed by atoms with Crippen LogP contribution in [0.2, 0.25) is 10.0 Å². The molecule has 0 bridgehead atoms. The van der Waals surface area contributed by atoms with Gasteiger partial charge in [-0.15, -0.1) is 0 Å². The summed E-state index contributed by atoms with van der Waals surface area (Å²) in [6.07, 6.45) is 5.15. The number of halogens is 2. The molecule has 146 valence electrons. The van der Waals surface area contributed by atoms with Gasteiger partial charge in [0.15, 0.2) is 0 Å². The molecule has 6 heteroatoms. The van der Waals surface area contributed by atoms with E-state index in [0.717, 1.165) is 30.3 Å². The predicted octanol–water partition coefficient (Wildman–Crippen LogP) is 4.80.